The van der Waals surface area contributed by atoms with Gasteiger partial charge in [-0.1, -0.05) is 48.3 Å². The standard InChI is InChI=1S/C10H10Cl2/c1-2-3-5-8-9(11)6-4-7-10(8)12/h3-7H,2H2,1H3. The van der Waals surface area contributed by atoms with E-state index in [2.05, 4.69) is 6.92 Å². The Kier molecular flexibility index (Phi) is 3.64. The van der Waals surface area contributed by atoms with E-state index in [1.54, 1.807) is 0 Å². The lowest BCUT2D eigenvalue weighted by Crippen LogP contribution is -1.76. The number of hydrogen-bond acceptors (Lipinski definition) is 0. The minimum Gasteiger partial charge on any atom is -0.0841 e. The van der Waals surface area contributed by atoms with Gasteiger partial charge in [0.2, 0.25) is 0 Å². The molecule has 0 saturated heterocycles. The first-order valence-corrected chi connectivity index (χ1v) is 4.62. The molecule has 0 aromatic heterocycles. The van der Waals surface area contributed by atoms with Crippen LogP contribution in [0.4, 0.5) is 0 Å². The molecule has 1 aromatic rings. The van der Waals surface area contributed by atoms with Crippen molar-refractivity contribution >= 4 is 29.3 Å². The molecule has 0 heterocycles. The fourth-order valence-electron chi connectivity index (χ4n) is 0.906. The lowest BCUT2D eigenvalue weighted by molar-refractivity contribution is 1.23. The molecule has 12 heavy (non-hydrogen) atoms. The number of hydrogen-bond donors (Lipinski definition) is 0. The van der Waals surface area contributed by atoms with E-state index >= 15 is 0 Å². The second-order valence-electron chi connectivity index (χ2n) is 2.45. The molecule has 0 atom stereocenters. The van der Waals surface area contributed by atoms with Crippen molar-refractivity contribution in [2.45, 2.75) is 13.3 Å². The lowest BCUT2D eigenvalue weighted by atomic mass is 10.2. The van der Waals surface area contributed by atoms with Crippen LogP contribution in [0.1, 0.15) is 18.9 Å². The summed E-state index contributed by atoms with van der Waals surface area (Å²) in [5.74, 6) is 0. The van der Waals surface area contributed by atoms with Gasteiger partial charge >= 0.3 is 0 Å². The fourth-order valence-corrected chi connectivity index (χ4v) is 1.43. The molecule has 0 aliphatic carbocycles. The minimum absolute atomic E-state index is 0.701. The maximum Gasteiger partial charge on any atom is 0.0493 e. The van der Waals surface area contributed by atoms with E-state index in [1.165, 1.54) is 0 Å². The topological polar surface area (TPSA) is 0 Å². The van der Waals surface area contributed by atoms with Crippen LogP contribution in [-0.4, -0.2) is 0 Å². The molecule has 2 heteroatoms. The average molecular weight is 201 g/mol. The Balaban J connectivity index is 3.04. The van der Waals surface area contributed by atoms with E-state index in [0.29, 0.717) is 10.0 Å². The molecule has 1 rings (SSSR count). The molecular formula is C10H10Cl2. The third kappa shape index (κ3) is 2.26. The van der Waals surface area contributed by atoms with Gasteiger partial charge in [-0.25, -0.2) is 0 Å². The van der Waals surface area contributed by atoms with Gasteiger partial charge in [0, 0.05) is 15.6 Å². The third-order valence-electron chi connectivity index (χ3n) is 1.52. The van der Waals surface area contributed by atoms with E-state index in [1.807, 2.05) is 30.4 Å². The summed E-state index contributed by atoms with van der Waals surface area (Å²) in [4.78, 5) is 0. The maximum absolute atomic E-state index is 5.93. The van der Waals surface area contributed by atoms with Gasteiger partial charge in [-0.15, -0.1) is 0 Å². The molecule has 0 bridgehead atoms. The summed E-state index contributed by atoms with van der Waals surface area (Å²) in [6, 6.07) is 5.51. The molecule has 0 saturated carbocycles. The molecule has 0 aliphatic heterocycles. The van der Waals surface area contributed by atoms with Crippen LogP contribution >= 0.6 is 23.2 Å². The largest absolute Gasteiger partial charge is 0.0841 e. The average Bonchev–Trinajstić information content (AvgIpc) is 2.04. The van der Waals surface area contributed by atoms with Crippen molar-refractivity contribution in [1.82, 2.24) is 0 Å². The van der Waals surface area contributed by atoms with Crippen molar-refractivity contribution in [3.05, 3.63) is 39.9 Å². The van der Waals surface area contributed by atoms with Crippen molar-refractivity contribution in [2.75, 3.05) is 0 Å². The predicted molar refractivity (Wildman–Crippen MR) is 55.8 cm³/mol. The van der Waals surface area contributed by atoms with Crippen LogP contribution in [0.3, 0.4) is 0 Å². The molecule has 64 valence electrons. The zero-order chi connectivity index (χ0) is 8.97. The summed E-state index contributed by atoms with van der Waals surface area (Å²) >= 11 is 11.9. The van der Waals surface area contributed by atoms with Gasteiger partial charge in [0.05, 0.1) is 0 Å². The van der Waals surface area contributed by atoms with Gasteiger partial charge in [-0.2, -0.15) is 0 Å². The van der Waals surface area contributed by atoms with Gasteiger partial charge < -0.3 is 0 Å². The van der Waals surface area contributed by atoms with Crippen molar-refractivity contribution in [1.29, 1.82) is 0 Å². The number of allylic oxidation sites excluding steroid dienone is 1. The first-order valence-electron chi connectivity index (χ1n) is 3.86. The van der Waals surface area contributed by atoms with Crippen LogP contribution in [0, 0.1) is 0 Å². The zero-order valence-electron chi connectivity index (χ0n) is 6.85. The van der Waals surface area contributed by atoms with Gasteiger partial charge in [0.25, 0.3) is 0 Å². The molecular weight excluding hydrogens is 191 g/mol. The highest BCUT2D eigenvalue weighted by Gasteiger charge is 1.99. The summed E-state index contributed by atoms with van der Waals surface area (Å²) in [7, 11) is 0. The second-order valence-corrected chi connectivity index (χ2v) is 3.26. The summed E-state index contributed by atoms with van der Waals surface area (Å²) in [5, 5.41) is 1.40. The van der Waals surface area contributed by atoms with Crippen LogP contribution in [0.25, 0.3) is 6.08 Å². The summed E-state index contributed by atoms with van der Waals surface area (Å²) in [6.07, 6.45) is 4.97. The normalized spacial score (nSPS) is 10.9. The Morgan fingerprint density at radius 3 is 2.33 bits per heavy atom. The van der Waals surface area contributed by atoms with Crippen LogP contribution in [0.5, 0.6) is 0 Å². The maximum atomic E-state index is 5.93. The van der Waals surface area contributed by atoms with Crippen LogP contribution in [0.15, 0.2) is 24.3 Å². The Morgan fingerprint density at radius 2 is 1.83 bits per heavy atom. The molecule has 0 fully saturated rings. The van der Waals surface area contributed by atoms with Gasteiger partial charge in [-0.3, -0.25) is 0 Å². The monoisotopic (exact) mass is 200 g/mol. The van der Waals surface area contributed by atoms with Crippen LogP contribution in [-0.2, 0) is 0 Å². The highest BCUT2D eigenvalue weighted by molar-refractivity contribution is 6.37. The van der Waals surface area contributed by atoms with Crippen molar-refractivity contribution in [2.24, 2.45) is 0 Å². The van der Waals surface area contributed by atoms with E-state index < -0.39 is 0 Å². The quantitative estimate of drug-likeness (QED) is 0.664. The first kappa shape index (κ1) is 9.63. The highest BCUT2D eigenvalue weighted by Crippen LogP contribution is 2.25. The minimum atomic E-state index is 0.701. The molecule has 0 aliphatic rings. The van der Waals surface area contributed by atoms with Crippen molar-refractivity contribution < 1.29 is 0 Å². The lowest BCUT2D eigenvalue weighted by Gasteiger charge is -1.99. The van der Waals surface area contributed by atoms with Crippen molar-refractivity contribution in [3.8, 4) is 0 Å². The molecule has 0 radical (unpaired) electrons. The number of benzene rings is 1. The van der Waals surface area contributed by atoms with E-state index in [0.717, 1.165) is 12.0 Å². The number of rotatable bonds is 2. The molecule has 1 aromatic carbocycles. The molecule has 0 N–H and O–H groups in total. The highest BCUT2D eigenvalue weighted by atomic mass is 35.5. The van der Waals surface area contributed by atoms with Crippen LogP contribution in [0.2, 0.25) is 10.0 Å². The predicted octanol–water partition coefficient (Wildman–Crippen LogP) is 4.42. The zero-order valence-corrected chi connectivity index (χ0v) is 8.36. The first-order chi connectivity index (χ1) is 5.75. The molecule has 0 amide bonds. The van der Waals surface area contributed by atoms with Crippen molar-refractivity contribution in [3.63, 3.8) is 0 Å². The Labute approximate surface area is 82.8 Å². The van der Waals surface area contributed by atoms with Gasteiger partial charge in [0.15, 0.2) is 0 Å². The van der Waals surface area contributed by atoms with Crippen LogP contribution < -0.4 is 0 Å². The van der Waals surface area contributed by atoms with Gasteiger partial charge in [0.1, 0.15) is 0 Å². The molecule has 0 unspecified atom stereocenters. The number of halogens is 2. The summed E-state index contributed by atoms with van der Waals surface area (Å²) in [6.45, 7) is 2.07. The SMILES string of the molecule is CCC=Cc1c(Cl)cccc1Cl. The smallest absolute Gasteiger partial charge is 0.0493 e. The molecule has 0 spiro atoms. The Hall–Kier alpha value is -0.460. The van der Waals surface area contributed by atoms with E-state index in [9.17, 15) is 0 Å². The van der Waals surface area contributed by atoms with Gasteiger partial charge in [-0.05, 0) is 18.6 Å². The Bertz CT molecular complexity index is 270. The summed E-state index contributed by atoms with van der Waals surface area (Å²) in [5.41, 5.74) is 0.905. The second kappa shape index (κ2) is 4.54. The fraction of sp³-hybridized carbons (Fsp3) is 0.200. The molecule has 0 nitrogen and oxygen atoms in total. The van der Waals surface area contributed by atoms with E-state index in [4.69, 9.17) is 23.2 Å². The third-order valence-corrected chi connectivity index (χ3v) is 2.18. The van der Waals surface area contributed by atoms with E-state index in [-0.39, 0.29) is 0 Å². The Morgan fingerprint density at radius 1 is 1.25 bits per heavy atom. The summed E-state index contributed by atoms with van der Waals surface area (Å²) < 4.78 is 0.